The van der Waals surface area contributed by atoms with Crippen LogP contribution in [0, 0.1) is 5.41 Å². The molecule has 0 aliphatic rings. The Balaban J connectivity index is 3.78. The largest absolute Gasteiger partial charge is 0.375 e. The highest BCUT2D eigenvalue weighted by molar-refractivity contribution is 4.79. The van der Waals surface area contributed by atoms with Gasteiger partial charge in [-0.05, 0) is 11.8 Å². The molecule has 2 N–H and O–H groups in total. The standard InChI is InChI=1S/C10H19F2NO/c1-4-5-9(2,3)7-14-8-10(11,12)6-13/h4H,1,5-8,13H2,2-3H3. The molecule has 0 amide bonds. The van der Waals surface area contributed by atoms with E-state index in [1.54, 1.807) is 6.08 Å². The Morgan fingerprint density at radius 1 is 1.36 bits per heavy atom. The fraction of sp³-hybridized carbons (Fsp3) is 0.800. The summed E-state index contributed by atoms with van der Waals surface area (Å²) in [5.41, 5.74) is 4.72. The van der Waals surface area contributed by atoms with Crippen molar-refractivity contribution in [2.45, 2.75) is 26.2 Å². The van der Waals surface area contributed by atoms with Crippen molar-refractivity contribution in [2.75, 3.05) is 19.8 Å². The van der Waals surface area contributed by atoms with Crippen LogP contribution in [-0.2, 0) is 4.74 Å². The van der Waals surface area contributed by atoms with Gasteiger partial charge >= 0.3 is 0 Å². The van der Waals surface area contributed by atoms with E-state index in [1.807, 2.05) is 13.8 Å². The Morgan fingerprint density at radius 2 is 1.93 bits per heavy atom. The molecule has 0 bridgehead atoms. The van der Waals surface area contributed by atoms with Gasteiger partial charge < -0.3 is 10.5 Å². The monoisotopic (exact) mass is 207 g/mol. The second kappa shape index (κ2) is 5.41. The van der Waals surface area contributed by atoms with E-state index in [0.29, 0.717) is 0 Å². The Morgan fingerprint density at radius 3 is 2.36 bits per heavy atom. The number of alkyl halides is 2. The lowest BCUT2D eigenvalue weighted by Crippen LogP contribution is -2.34. The fourth-order valence-corrected chi connectivity index (χ4v) is 0.985. The number of hydrogen-bond acceptors (Lipinski definition) is 2. The van der Waals surface area contributed by atoms with E-state index in [1.165, 1.54) is 0 Å². The molecule has 2 nitrogen and oxygen atoms in total. The van der Waals surface area contributed by atoms with Gasteiger partial charge in [0.2, 0.25) is 0 Å². The summed E-state index contributed by atoms with van der Waals surface area (Å²) in [5, 5.41) is 0. The summed E-state index contributed by atoms with van der Waals surface area (Å²) in [5.74, 6) is -2.91. The van der Waals surface area contributed by atoms with Crippen molar-refractivity contribution < 1.29 is 13.5 Å². The molecule has 0 unspecified atom stereocenters. The second-order valence-electron chi connectivity index (χ2n) is 4.21. The summed E-state index contributed by atoms with van der Waals surface area (Å²) in [7, 11) is 0. The van der Waals surface area contributed by atoms with Crippen LogP contribution in [0.3, 0.4) is 0 Å². The number of ether oxygens (including phenoxy) is 1. The molecular weight excluding hydrogens is 188 g/mol. The molecule has 0 aromatic heterocycles. The zero-order valence-corrected chi connectivity index (χ0v) is 8.85. The molecule has 0 aliphatic heterocycles. The number of allylic oxidation sites excluding steroid dienone is 1. The molecule has 0 heterocycles. The van der Waals surface area contributed by atoms with Crippen molar-refractivity contribution in [1.29, 1.82) is 0 Å². The molecule has 0 aliphatic carbocycles. The summed E-state index contributed by atoms with van der Waals surface area (Å²) in [6, 6.07) is 0. The highest BCUT2D eigenvalue weighted by atomic mass is 19.3. The maximum absolute atomic E-state index is 12.6. The van der Waals surface area contributed by atoms with E-state index in [9.17, 15) is 8.78 Å². The number of nitrogens with two attached hydrogens (primary N) is 1. The Labute approximate surface area is 84.1 Å². The first kappa shape index (κ1) is 13.5. The molecule has 0 fully saturated rings. The molecule has 0 spiro atoms. The molecule has 0 rings (SSSR count). The van der Waals surface area contributed by atoms with Crippen LogP contribution < -0.4 is 5.73 Å². The number of rotatable bonds is 7. The van der Waals surface area contributed by atoms with Crippen LogP contribution in [0.15, 0.2) is 12.7 Å². The summed E-state index contributed by atoms with van der Waals surface area (Å²) < 4.78 is 30.2. The predicted molar refractivity (Wildman–Crippen MR) is 53.4 cm³/mol. The zero-order valence-electron chi connectivity index (χ0n) is 8.85. The van der Waals surface area contributed by atoms with Gasteiger partial charge in [-0.1, -0.05) is 19.9 Å². The summed E-state index contributed by atoms with van der Waals surface area (Å²) >= 11 is 0. The molecule has 0 aromatic carbocycles. The lowest BCUT2D eigenvalue weighted by Gasteiger charge is -2.24. The average Bonchev–Trinajstić information content (AvgIpc) is 2.03. The lowest BCUT2D eigenvalue weighted by molar-refractivity contribution is -0.0832. The van der Waals surface area contributed by atoms with E-state index >= 15 is 0 Å². The Bertz CT molecular complexity index is 181. The summed E-state index contributed by atoms with van der Waals surface area (Å²) in [6.45, 7) is 6.48. The van der Waals surface area contributed by atoms with Gasteiger partial charge in [0.15, 0.2) is 0 Å². The molecule has 0 saturated heterocycles. The minimum atomic E-state index is -2.91. The van der Waals surface area contributed by atoms with Crippen LogP contribution in [0.5, 0.6) is 0 Å². The predicted octanol–water partition coefficient (Wildman–Crippen LogP) is 2.20. The lowest BCUT2D eigenvalue weighted by atomic mass is 9.91. The maximum atomic E-state index is 12.6. The second-order valence-corrected chi connectivity index (χ2v) is 4.21. The number of hydrogen-bond donors (Lipinski definition) is 1. The van der Waals surface area contributed by atoms with Crippen molar-refractivity contribution in [3.8, 4) is 0 Å². The normalized spacial score (nSPS) is 12.9. The SMILES string of the molecule is C=CCC(C)(C)COCC(F)(F)CN. The van der Waals surface area contributed by atoms with Gasteiger partial charge in [-0.25, -0.2) is 8.78 Å². The molecule has 14 heavy (non-hydrogen) atoms. The van der Waals surface area contributed by atoms with Crippen molar-refractivity contribution >= 4 is 0 Å². The first-order chi connectivity index (χ1) is 6.33. The molecule has 4 heteroatoms. The molecule has 0 atom stereocenters. The van der Waals surface area contributed by atoms with E-state index in [0.717, 1.165) is 6.42 Å². The first-order valence-electron chi connectivity index (χ1n) is 4.59. The fourth-order valence-electron chi connectivity index (χ4n) is 0.985. The zero-order chi connectivity index (χ0) is 11.2. The molecule has 0 radical (unpaired) electrons. The van der Waals surface area contributed by atoms with Crippen LogP contribution in [0.25, 0.3) is 0 Å². The van der Waals surface area contributed by atoms with E-state index in [-0.39, 0.29) is 12.0 Å². The van der Waals surface area contributed by atoms with Gasteiger partial charge in [0.1, 0.15) is 6.61 Å². The van der Waals surface area contributed by atoms with Crippen molar-refractivity contribution in [3.05, 3.63) is 12.7 Å². The smallest absolute Gasteiger partial charge is 0.282 e. The van der Waals surface area contributed by atoms with Crippen LogP contribution in [0.2, 0.25) is 0 Å². The van der Waals surface area contributed by atoms with Gasteiger partial charge in [-0.2, -0.15) is 0 Å². The third-order valence-corrected chi connectivity index (χ3v) is 1.80. The van der Waals surface area contributed by atoms with Gasteiger partial charge in [0.25, 0.3) is 5.92 Å². The summed E-state index contributed by atoms with van der Waals surface area (Å²) in [4.78, 5) is 0. The van der Waals surface area contributed by atoms with E-state index in [4.69, 9.17) is 10.5 Å². The van der Waals surface area contributed by atoms with Crippen molar-refractivity contribution in [3.63, 3.8) is 0 Å². The Hall–Kier alpha value is -0.480. The first-order valence-corrected chi connectivity index (χ1v) is 4.59. The average molecular weight is 207 g/mol. The molecule has 84 valence electrons. The van der Waals surface area contributed by atoms with Gasteiger partial charge in [-0.3, -0.25) is 0 Å². The van der Waals surface area contributed by atoms with Gasteiger partial charge in [0, 0.05) is 0 Å². The van der Waals surface area contributed by atoms with Crippen molar-refractivity contribution in [1.82, 2.24) is 0 Å². The highest BCUT2D eigenvalue weighted by Crippen LogP contribution is 2.22. The van der Waals surface area contributed by atoms with Crippen molar-refractivity contribution in [2.24, 2.45) is 11.1 Å². The third kappa shape index (κ3) is 6.05. The maximum Gasteiger partial charge on any atom is 0.282 e. The number of halogens is 2. The third-order valence-electron chi connectivity index (χ3n) is 1.80. The molecular formula is C10H19F2NO. The van der Waals surface area contributed by atoms with Gasteiger partial charge in [-0.15, -0.1) is 6.58 Å². The Kier molecular flexibility index (Phi) is 5.23. The minimum Gasteiger partial charge on any atom is -0.375 e. The quantitative estimate of drug-likeness (QED) is 0.649. The van der Waals surface area contributed by atoms with Crippen LogP contribution in [-0.4, -0.2) is 25.7 Å². The molecule has 0 saturated carbocycles. The van der Waals surface area contributed by atoms with Crippen LogP contribution >= 0.6 is 0 Å². The summed E-state index contributed by atoms with van der Waals surface area (Å²) in [6.07, 6.45) is 2.49. The van der Waals surface area contributed by atoms with E-state index < -0.39 is 19.1 Å². The van der Waals surface area contributed by atoms with E-state index in [2.05, 4.69) is 6.58 Å². The molecule has 0 aromatic rings. The van der Waals surface area contributed by atoms with Crippen LogP contribution in [0.1, 0.15) is 20.3 Å². The highest BCUT2D eigenvalue weighted by Gasteiger charge is 2.28. The minimum absolute atomic E-state index is 0.146. The topological polar surface area (TPSA) is 35.2 Å². The van der Waals surface area contributed by atoms with Gasteiger partial charge in [0.05, 0.1) is 13.2 Å². The van der Waals surface area contributed by atoms with Crippen LogP contribution in [0.4, 0.5) is 8.78 Å².